The molecule has 0 saturated carbocycles. The highest BCUT2D eigenvalue weighted by Gasteiger charge is 2.26. The molecule has 1 aromatic carbocycles. The van der Waals surface area contributed by atoms with E-state index in [0.29, 0.717) is 6.61 Å². The zero-order valence-electron chi connectivity index (χ0n) is 10.3. The fraction of sp³-hybridized carbons (Fsp3) is 0.385. The third-order valence-corrected chi connectivity index (χ3v) is 2.23. The highest BCUT2D eigenvalue weighted by atomic mass is 35.5. The molecule has 0 spiro atoms. The predicted molar refractivity (Wildman–Crippen MR) is 67.2 cm³/mol. The SMILES string of the molecule is COc1ccc(COCCOC(F)(F)C#CCl)cc1. The Hall–Kier alpha value is -1.35. The minimum Gasteiger partial charge on any atom is -0.497 e. The van der Waals surface area contributed by atoms with Crippen LogP contribution in [-0.4, -0.2) is 26.4 Å². The number of alkyl halides is 2. The normalized spacial score (nSPS) is 10.7. The molecule has 0 heterocycles. The molecule has 0 aliphatic heterocycles. The summed E-state index contributed by atoms with van der Waals surface area (Å²) >= 11 is 4.87. The van der Waals surface area contributed by atoms with Gasteiger partial charge < -0.3 is 14.2 Å². The first-order valence-electron chi connectivity index (χ1n) is 5.42. The molecule has 0 amide bonds. The largest absolute Gasteiger partial charge is 0.497 e. The van der Waals surface area contributed by atoms with Crippen molar-refractivity contribution < 1.29 is 23.0 Å². The van der Waals surface area contributed by atoms with Gasteiger partial charge in [0.25, 0.3) is 0 Å². The molecule has 0 N–H and O–H groups in total. The van der Waals surface area contributed by atoms with E-state index >= 15 is 0 Å². The van der Waals surface area contributed by atoms with Crippen molar-refractivity contribution in [2.75, 3.05) is 20.3 Å². The molecule has 0 aliphatic rings. The molecule has 0 bridgehead atoms. The lowest BCUT2D eigenvalue weighted by Crippen LogP contribution is -2.20. The fourth-order valence-corrected chi connectivity index (χ4v) is 1.34. The van der Waals surface area contributed by atoms with E-state index in [4.69, 9.17) is 21.1 Å². The van der Waals surface area contributed by atoms with Crippen LogP contribution in [-0.2, 0) is 16.1 Å². The van der Waals surface area contributed by atoms with Crippen LogP contribution >= 0.6 is 11.6 Å². The standard InChI is InChI=1S/C13H13ClF2O3/c1-17-12-4-2-11(3-5-12)10-18-8-9-19-13(15,16)6-7-14/h2-5H,8-10H2,1H3. The topological polar surface area (TPSA) is 27.7 Å². The van der Waals surface area contributed by atoms with Gasteiger partial charge in [-0.05, 0) is 29.3 Å². The van der Waals surface area contributed by atoms with Crippen LogP contribution in [0.5, 0.6) is 5.75 Å². The van der Waals surface area contributed by atoms with Gasteiger partial charge in [-0.25, -0.2) is 0 Å². The first-order valence-corrected chi connectivity index (χ1v) is 5.80. The first-order chi connectivity index (χ1) is 9.07. The van der Waals surface area contributed by atoms with Crippen LogP contribution in [0.25, 0.3) is 0 Å². The second-order valence-corrected chi connectivity index (χ2v) is 3.67. The number of benzene rings is 1. The van der Waals surface area contributed by atoms with Crippen LogP contribution < -0.4 is 4.74 Å². The number of rotatable bonds is 7. The number of methoxy groups -OCH3 is 1. The van der Waals surface area contributed by atoms with Crippen LogP contribution in [0, 0.1) is 11.3 Å². The summed E-state index contributed by atoms with van der Waals surface area (Å²) in [4.78, 5) is 0. The highest BCUT2D eigenvalue weighted by Crippen LogP contribution is 2.14. The summed E-state index contributed by atoms with van der Waals surface area (Å²) in [6.07, 6.45) is -3.54. The van der Waals surface area contributed by atoms with Crippen LogP contribution in [0.15, 0.2) is 24.3 Å². The van der Waals surface area contributed by atoms with Gasteiger partial charge in [-0.15, -0.1) is 0 Å². The fourth-order valence-electron chi connectivity index (χ4n) is 1.23. The number of hydrogen-bond acceptors (Lipinski definition) is 3. The Kier molecular flexibility index (Phi) is 6.57. The maximum absolute atomic E-state index is 12.7. The van der Waals surface area contributed by atoms with Gasteiger partial charge in [-0.1, -0.05) is 12.1 Å². The van der Waals surface area contributed by atoms with Crippen molar-refractivity contribution in [2.45, 2.75) is 12.7 Å². The first kappa shape index (κ1) is 15.7. The van der Waals surface area contributed by atoms with Crippen LogP contribution in [0.2, 0.25) is 0 Å². The second-order valence-electron chi connectivity index (χ2n) is 3.49. The van der Waals surface area contributed by atoms with E-state index in [2.05, 4.69) is 4.74 Å². The van der Waals surface area contributed by atoms with Gasteiger partial charge in [-0.2, -0.15) is 8.78 Å². The third kappa shape index (κ3) is 6.39. The summed E-state index contributed by atoms with van der Waals surface area (Å²) in [5.41, 5.74) is 0.910. The van der Waals surface area contributed by atoms with Crippen molar-refractivity contribution >= 4 is 11.6 Å². The molecular weight excluding hydrogens is 278 g/mol. The van der Waals surface area contributed by atoms with E-state index in [-0.39, 0.29) is 13.2 Å². The Morgan fingerprint density at radius 2 is 1.89 bits per heavy atom. The third-order valence-electron chi connectivity index (χ3n) is 2.13. The van der Waals surface area contributed by atoms with Gasteiger partial charge in [0.05, 0.1) is 26.9 Å². The Morgan fingerprint density at radius 3 is 2.47 bits per heavy atom. The molecule has 0 aromatic heterocycles. The number of halogens is 3. The molecule has 6 heteroatoms. The predicted octanol–water partition coefficient (Wildman–Crippen LogP) is 3.02. The summed E-state index contributed by atoms with van der Waals surface area (Å²) in [6.45, 7) is 0.0699. The zero-order chi connectivity index (χ0) is 14.1. The van der Waals surface area contributed by atoms with Gasteiger partial charge in [-0.3, -0.25) is 0 Å². The van der Waals surface area contributed by atoms with Crippen molar-refractivity contribution in [3.8, 4) is 17.0 Å². The van der Waals surface area contributed by atoms with E-state index in [1.54, 1.807) is 24.6 Å². The maximum atomic E-state index is 12.7. The van der Waals surface area contributed by atoms with Crippen molar-refractivity contribution in [2.24, 2.45) is 0 Å². The average molecular weight is 291 g/mol. The molecule has 3 nitrogen and oxygen atoms in total. The molecule has 104 valence electrons. The lowest BCUT2D eigenvalue weighted by molar-refractivity contribution is -0.199. The molecule has 0 atom stereocenters. The molecule has 0 aliphatic carbocycles. The average Bonchev–Trinajstić information content (AvgIpc) is 2.39. The van der Waals surface area contributed by atoms with E-state index in [0.717, 1.165) is 11.3 Å². The minimum absolute atomic E-state index is 0.0333. The van der Waals surface area contributed by atoms with Crippen molar-refractivity contribution in [1.29, 1.82) is 0 Å². The molecule has 1 aromatic rings. The van der Waals surface area contributed by atoms with E-state index in [1.165, 1.54) is 5.92 Å². The summed E-state index contributed by atoms with van der Waals surface area (Å²) in [5.74, 6) is 2.18. The van der Waals surface area contributed by atoms with E-state index < -0.39 is 6.11 Å². The summed E-state index contributed by atoms with van der Waals surface area (Å²) in [6, 6.07) is 7.24. The molecule has 0 unspecified atom stereocenters. The molecule has 19 heavy (non-hydrogen) atoms. The minimum atomic E-state index is -3.54. The van der Waals surface area contributed by atoms with Gasteiger partial charge in [0.2, 0.25) is 0 Å². The Balaban J connectivity index is 2.21. The molecule has 0 saturated heterocycles. The number of ether oxygens (including phenoxy) is 3. The molecular formula is C13H13ClF2O3. The van der Waals surface area contributed by atoms with Gasteiger partial charge in [0.15, 0.2) is 0 Å². The van der Waals surface area contributed by atoms with Gasteiger partial charge in [0.1, 0.15) is 5.75 Å². The van der Waals surface area contributed by atoms with Crippen molar-refractivity contribution in [3.63, 3.8) is 0 Å². The Bertz CT molecular complexity index is 437. The van der Waals surface area contributed by atoms with Crippen LogP contribution in [0.3, 0.4) is 0 Å². The van der Waals surface area contributed by atoms with Crippen molar-refractivity contribution in [1.82, 2.24) is 0 Å². The maximum Gasteiger partial charge on any atom is 0.424 e. The number of hydrogen-bond donors (Lipinski definition) is 0. The zero-order valence-corrected chi connectivity index (χ0v) is 11.0. The monoisotopic (exact) mass is 290 g/mol. The van der Waals surface area contributed by atoms with E-state index in [9.17, 15) is 8.78 Å². The lowest BCUT2D eigenvalue weighted by atomic mass is 10.2. The Labute approximate surface area is 115 Å². The molecule has 0 radical (unpaired) electrons. The van der Waals surface area contributed by atoms with Gasteiger partial charge in [0, 0.05) is 11.3 Å². The molecule has 1 rings (SSSR count). The van der Waals surface area contributed by atoms with Crippen molar-refractivity contribution in [3.05, 3.63) is 29.8 Å². The Morgan fingerprint density at radius 1 is 1.21 bits per heavy atom. The summed E-state index contributed by atoms with van der Waals surface area (Å²) in [5, 5.41) is 1.58. The summed E-state index contributed by atoms with van der Waals surface area (Å²) < 4.78 is 39.8. The van der Waals surface area contributed by atoms with Gasteiger partial charge >= 0.3 is 6.11 Å². The lowest BCUT2D eigenvalue weighted by Gasteiger charge is -2.10. The van der Waals surface area contributed by atoms with Crippen LogP contribution in [0.4, 0.5) is 8.78 Å². The smallest absolute Gasteiger partial charge is 0.424 e. The summed E-state index contributed by atoms with van der Waals surface area (Å²) in [7, 11) is 1.58. The second kappa shape index (κ2) is 7.95. The molecule has 0 fully saturated rings. The van der Waals surface area contributed by atoms with Crippen LogP contribution in [0.1, 0.15) is 5.56 Å². The van der Waals surface area contributed by atoms with E-state index in [1.807, 2.05) is 12.1 Å². The quantitative estimate of drug-likeness (QED) is 0.571. The highest BCUT2D eigenvalue weighted by molar-refractivity contribution is 6.30.